The van der Waals surface area contributed by atoms with E-state index in [0.29, 0.717) is 5.88 Å². The average molecular weight is 235 g/mol. The zero-order chi connectivity index (χ0) is 12.1. The van der Waals surface area contributed by atoms with E-state index in [9.17, 15) is 0 Å². The number of anilines is 1. The normalized spacial score (nSPS) is 24.4. The van der Waals surface area contributed by atoms with Crippen molar-refractivity contribution in [3.8, 4) is 5.88 Å². The van der Waals surface area contributed by atoms with E-state index in [0.717, 1.165) is 24.2 Å². The van der Waals surface area contributed by atoms with Gasteiger partial charge in [-0.05, 0) is 24.7 Å². The Morgan fingerprint density at radius 3 is 2.76 bits per heavy atom. The van der Waals surface area contributed by atoms with Gasteiger partial charge in [0.05, 0.1) is 7.11 Å². The molecule has 0 amide bonds. The molecular weight excluding hydrogens is 214 g/mol. The highest BCUT2D eigenvalue weighted by atomic mass is 16.5. The molecule has 1 aromatic heterocycles. The van der Waals surface area contributed by atoms with Gasteiger partial charge in [0.2, 0.25) is 5.88 Å². The van der Waals surface area contributed by atoms with Gasteiger partial charge in [-0.3, -0.25) is 0 Å². The molecule has 0 saturated heterocycles. The van der Waals surface area contributed by atoms with Crippen molar-refractivity contribution in [2.45, 2.75) is 32.6 Å². The fourth-order valence-corrected chi connectivity index (χ4v) is 2.33. The van der Waals surface area contributed by atoms with Crippen LogP contribution in [0.4, 0.5) is 5.82 Å². The van der Waals surface area contributed by atoms with Crippen LogP contribution in [0.2, 0.25) is 0 Å². The molecule has 0 aliphatic heterocycles. The first kappa shape index (κ1) is 12.1. The third-order valence-electron chi connectivity index (χ3n) is 3.56. The highest BCUT2D eigenvalue weighted by molar-refractivity contribution is 5.36. The zero-order valence-corrected chi connectivity index (χ0v) is 10.6. The van der Waals surface area contributed by atoms with Crippen molar-refractivity contribution >= 4 is 5.82 Å². The lowest BCUT2D eigenvalue weighted by atomic mass is 9.83. The summed E-state index contributed by atoms with van der Waals surface area (Å²) in [5.41, 5.74) is 0. The molecule has 1 aliphatic rings. The SMILES string of the molecule is COc1cc(NCC2CCC(C)CC2)ncn1. The number of aromatic nitrogens is 2. The molecule has 0 radical (unpaired) electrons. The molecule has 4 heteroatoms. The molecule has 17 heavy (non-hydrogen) atoms. The van der Waals surface area contributed by atoms with Gasteiger partial charge in [0.15, 0.2) is 0 Å². The average Bonchev–Trinajstić information content (AvgIpc) is 2.38. The highest BCUT2D eigenvalue weighted by Crippen LogP contribution is 2.28. The Labute approximate surface area is 103 Å². The summed E-state index contributed by atoms with van der Waals surface area (Å²) in [7, 11) is 1.62. The van der Waals surface area contributed by atoms with Crippen LogP contribution in [0.1, 0.15) is 32.6 Å². The first-order valence-electron chi connectivity index (χ1n) is 6.38. The summed E-state index contributed by atoms with van der Waals surface area (Å²) in [6.45, 7) is 3.35. The minimum absolute atomic E-state index is 0.611. The molecule has 0 unspecified atom stereocenters. The van der Waals surface area contributed by atoms with Crippen molar-refractivity contribution in [1.82, 2.24) is 9.97 Å². The molecule has 0 aromatic carbocycles. The molecule has 94 valence electrons. The summed E-state index contributed by atoms with van der Waals surface area (Å²) in [4.78, 5) is 8.17. The van der Waals surface area contributed by atoms with Gasteiger partial charge in [-0.25, -0.2) is 9.97 Å². The quantitative estimate of drug-likeness (QED) is 0.871. The van der Waals surface area contributed by atoms with Crippen LogP contribution in [0, 0.1) is 11.8 Å². The minimum Gasteiger partial charge on any atom is -0.481 e. The topological polar surface area (TPSA) is 47.0 Å². The van der Waals surface area contributed by atoms with Crippen LogP contribution < -0.4 is 10.1 Å². The van der Waals surface area contributed by atoms with Gasteiger partial charge in [0.1, 0.15) is 12.1 Å². The van der Waals surface area contributed by atoms with E-state index in [1.807, 2.05) is 6.07 Å². The molecule has 0 bridgehead atoms. The van der Waals surface area contributed by atoms with Crippen LogP contribution in [0.5, 0.6) is 5.88 Å². The molecule has 0 spiro atoms. The van der Waals surface area contributed by atoms with Crippen LogP contribution >= 0.6 is 0 Å². The van der Waals surface area contributed by atoms with Gasteiger partial charge in [0.25, 0.3) is 0 Å². The predicted molar refractivity (Wildman–Crippen MR) is 68.2 cm³/mol. The van der Waals surface area contributed by atoms with Crippen molar-refractivity contribution in [3.05, 3.63) is 12.4 Å². The largest absolute Gasteiger partial charge is 0.481 e. The van der Waals surface area contributed by atoms with E-state index in [2.05, 4.69) is 22.2 Å². The maximum atomic E-state index is 5.07. The molecule has 4 nitrogen and oxygen atoms in total. The lowest BCUT2D eigenvalue weighted by Crippen LogP contribution is -2.20. The number of nitrogens with one attached hydrogen (secondary N) is 1. The monoisotopic (exact) mass is 235 g/mol. The Morgan fingerprint density at radius 2 is 2.06 bits per heavy atom. The molecule has 1 fully saturated rings. The van der Waals surface area contributed by atoms with Gasteiger partial charge < -0.3 is 10.1 Å². The molecule has 1 heterocycles. The van der Waals surface area contributed by atoms with Crippen molar-refractivity contribution in [3.63, 3.8) is 0 Å². The fraction of sp³-hybridized carbons (Fsp3) is 0.692. The smallest absolute Gasteiger partial charge is 0.218 e. The zero-order valence-electron chi connectivity index (χ0n) is 10.6. The van der Waals surface area contributed by atoms with Gasteiger partial charge >= 0.3 is 0 Å². The van der Waals surface area contributed by atoms with Crippen LogP contribution in [-0.4, -0.2) is 23.6 Å². The number of rotatable bonds is 4. The molecule has 2 rings (SSSR count). The van der Waals surface area contributed by atoms with Crippen molar-refractivity contribution < 1.29 is 4.74 Å². The molecule has 0 atom stereocenters. The second-order valence-electron chi connectivity index (χ2n) is 4.95. The minimum atomic E-state index is 0.611. The summed E-state index contributed by atoms with van der Waals surface area (Å²) in [6.07, 6.45) is 6.91. The number of hydrogen-bond acceptors (Lipinski definition) is 4. The molecular formula is C13H21N3O. The lowest BCUT2D eigenvalue weighted by molar-refractivity contribution is 0.300. The molecule has 1 N–H and O–H groups in total. The summed E-state index contributed by atoms with van der Waals surface area (Å²) in [5.74, 6) is 3.16. The fourth-order valence-electron chi connectivity index (χ4n) is 2.33. The Kier molecular flexibility index (Phi) is 4.18. The summed E-state index contributed by atoms with van der Waals surface area (Å²) in [5, 5.41) is 3.37. The Morgan fingerprint density at radius 1 is 1.29 bits per heavy atom. The standard InChI is InChI=1S/C13H21N3O/c1-10-3-5-11(6-4-10)8-14-12-7-13(17-2)16-9-15-12/h7,9-11H,3-6,8H2,1-2H3,(H,14,15,16). The first-order valence-corrected chi connectivity index (χ1v) is 6.38. The maximum Gasteiger partial charge on any atom is 0.218 e. The summed E-state index contributed by atoms with van der Waals surface area (Å²) in [6, 6.07) is 1.84. The van der Waals surface area contributed by atoms with Crippen LogP contribution in [0.15, 0.2) is 12.4 Å². The van der Waals surface area contributed by atoms with E-state index in [4.69, 9.17) is 4.74 Å². The van der Waals surface area contributed by atoms with E-state index < -0.39 is 0 Å². The van der Waals surface area contributed by atoms with Crippen molar-refractivity contribution in [2.24, 2.45) is 11.8 Å². The molecule has 1 saturated carbocycles. The van der Waals surface area contributed by atoms with E-state index >= 15 is 0 Å². The second-order valence-corrected chi connectivity index (χ2v) is 4.95. The van der Waals surface area contributed by atoms with Crippen molar-refractivity contribution in [2.75, 3.05) is 19.0 Å². The maximum absolute atomic E-state index is 5.07. The Balaban J connectivity index is 1.81. The Bertz CT molecular complexity index is 348. The highest BCUT2D eigenvalue weighted by Gasteiger charge is 2.17. The van der Waals surface area contributed by atoms with Gasteiger partial charge in [-0.2, -0.15) is 0 Å². The van der Waals surface area contributed by atoms with Crippen LogP contribution in [-0.2, 0) is 0 Å². The Hall–Kier alpha value is -1.32. The lowest BCUT2D eigenvalue weighted by Gasteiger charge is -2.26. The van der Waals surface area contributed by atoms with Crippen LogP contribution in [0.25, 0.3) is 0 Å². The van der Waals surface area contributed by atoms with Gasteiger partial charge in [0, 0.05) is 12.6 Å². The van der Waals surface area contributed by atoms with E-state index in [1.54, 1.807) is 7.11 Å². The van der Waals surface area contributed by atoms with Crippen LogP contribution in [0.3, 0.4) is 0 Å². The first-order chi connectivity index (χ1) is 8.28. The molecule has 1 aliphatic carbocycles. The summed E-state index contributed by atoms with van der Waals surface area (Å²) < 4.78 is 5.07. The second kappa shape index (κ2) is 5.84. The summed E-state index contributed by atoms with van der Waals surface area (Å²) >= 11 is 0. The number of hydrogen-bond donors (Lipinski definition) is 1. The van der Waals surface area contributed by atoms with E-state index in [1.165, 1.54) is 32.0 Å². The van der Waals surface area contributed by atoms with E-state index in [-0.39, 0.29) is 0 Å². The third kappa shape index (κ3) is 3.58. The number of nitrogens with zero attached hydrogens (tertiary/aromatic N) is 2. The van der Waals surface area contributed by atoms with Crippen molar-refractivity contribution in [1.29, 1.82) is 0 Å². The number of ether oxygens (including phenoxy) is 1. The van der Waals surface area contributed by atoms with Gasteiger partial charge in [-0.15, -0.1) is 0 Å². The number of methoxy groups -OCH3 is 1. The predicted octanol–water partition coefficient (Wildman–Crippen LogP) is 2.72. The van der Waals surface area contributed by atoms with Gasteiger partial charge in [-0.1, -0.05) is 19.8 Å². The third-order valence-corrected chi connectivity index (χ3v) is 3.56. The molecule has 1 aromatic rings.